The summed E-state index contributed by atoms with van der Waals surface area (Å²) < 4.78 is 10.4. The first kappa shape index (κ1) is 20.2. The van der Waals surface area contributed by atoms with E-state index in [1.807, 2.05) is 0 Å². The Balaban J connectivity index is 1.48. The van der Waals surface area contributed by atoms with Crippen LogP contribution < -0.4 is 20.1 Å². The van der Waals surface area contributed by atoms with Gasteiger partial charge in [-0.2, -0.15) is 5.10 Å². The Morgan fingerprint density at radius 2 is 1.90 bits per heavy atom. The molecule has 29 heavy (non-hydrogen) atoms. The normalized spacial score (nSPS) is 10.4. The Labute approximate surface area is 169 Å². The summed E-state index contributed by atoms with van der Waals surface area (Å²) >= 11 is 0. The minimum atomic E-state index is -0.341. The van der Waals surface area contributed by atoms with E-state index in [0.717, 1.165) is 5.82 Å². The number of amides is 2. The fraction of sp³-hybridized carbons (Fsp3) is 0.286. The van der Waals surface area contributed by atoms with Crippen molar-refractivity contribution in [3.63, 3.8) is 0 Å². The number of nitrogens with zero attached hydrogens (tertiary/aromatic N) is 2. The van der Waals surface area contributed by atoms with Crippen LogP contribution in [0.1, 0.15) is 22.8 Å². The Morgan fingerprint density at radius 1 is 1.10 bits per heavy atom. The van der Waals surface area contributed by atoms with Crippen molar-refractivity contribution in [3.05, 3.63) is 65.2 Å². The molecule has 0 radical (unpaired) electrons. The molecule has 0 unspecified atom stereocenters. The molecule has 2 aromatic carbocycles. The van der Waals surface area contributed by atoms with Crippen LogP contribution >= 0.6 is 0 Å². The van der Waals surface area contributed by atoms with Crippen molar-refractivity contribution < 1.29 is 14.3 Å². The standard InChI is InChI=1S/C21H25N5O3/c1-14-4-6-15(7-5-14)12-20-24-19(25-26-20)10-11-22-21(27)23-17-13-16(28-2)8-9-18(17)29-3/h4-9,13H,10-12H2,1-3H3,(H2,22,23,27)(H,24,25,26). The molecule has 8 heteroatoms. The third-order valence-electron chi connectivity index (χ3n) is 4.36. The van der Waals surface area contributed by atoms with E-state index in [4.69, 9.17) is 9.47 Å². The molecule has 0 saturated heterocycles. The minimum Gasteiger partial charge on any atom is -0.497 e. The minimum absolute atomic E-state index is 0.341. The molecule has 3 rings (SSSR count). The van der Waals surface area contributed by atoms with Crippen LogP contribution in [0.3, 0.4) is 0 Å². The van der Waals surface area contributed by atoms with Crippen molar-refractivity contribution in [1.29, 1.82) is 0 Å². The molecular formula is C21H25N5O3. The van der Waals surface area contributed by atoms with Crippen LogP contribution in [0.2, 0.25) is 0 Å². The maximum absolute atomic E-state index is 12.2. The van der Waals surface area contributed by atoms with Crippen molar-refractivity contribution in [3.8, 4) is 11.5 Å². The average molecular weight is 395 g/mol. The molecule has 2 amide bonds. The SMILES string of the molecule is COc1ccc(OC)c(NC(=O)NCCc2n[nH]c(Cc3ccc(C)cc3)n2)c1. The van der Waals surface area contributed by atoms with Crippen molar-refractivity contribution in [2.24, 2.45) is 0 Å². The van der Waals surface area contributed by atoms with Gasteiger partial charge in [0.05, 0.1) is 19.9 Å². The monoisotopic (exact) mass is 395 g/mol. The number of aromatic amines is 1. The highest BCUT2D eigenvalue weighted by Crippen LogP contribution is 2.28. The van der Waals surface area contributed by atoms with Gasteiger partial charge in [-0.3, -0.25) is 5.10 Å². The number of methoxy groups -OCH3 is 2. The zero-order valence-electron chi connectivity index (χ0n) is 16.8. The number of rotatable bonds is 8. The zero-order chi connectivity index (χ0) is 20.6. The maximum atomic E-state index is 12.2. The van der Waals surface area contributed by atoms with Crippen molar-refractivity contribution in [2.75, 3.05) is 26.1 Å². The van der Waals surface area contributed by atoms with Gasteiger partial charge in [0.15, 0.2) is 5.82 Å². The van der Waals surface area contributed by atoms with E-state index in [9.17, 15) is 4.79 Å². The van der Waals surface area contributed by atoms with Gasteiger partial charge >= 0.3 is 6.03 Å². The lowest BCUT2D eigenvalue weighted by molar-refractivity contribution is 0.252. The van der Waals surface area contributed by atoms with E-state index < -0.39 is 0 Å². The lowest BCUT2D eigenvalue weighted by Gasteiger charge is -2.12. The molecule has 0 fully saturated rings. The topological polar surface area (TPSA) is 101 Å². The summed E-state index contributed by atoms with van der Waals surface area (Å²) in [7, 11) is 3.11. The van der Waals surface area contributed by atoms with Crippen molar-refractivity contribution in [1.82, 2.24) is 20.5 Å². The highest BCUT2D eigenvalue weighted by Gasteiger charge is 2.10. The van der Waals surface area contributed by atoms with E-state index in [0.29, 0.717) is 42.4 Å². The predicted molar refractivity (Wildman–Crippen MR) is 111 cm³/mol. The van der Waals surface area contributed by atoms with Crippen LogP contribution in [-0.2, 0) is 12.8 Å². The maximum Gasteiger partial charge on any atom is 0.319 e. The molecule has 152 valence electrons. The van der Waals surface area contributed by atoms with E-state index in [2.05, 4.69) is 57.0 Å². The smallest absolute Gasteiger partial charge is 0.319 e. The van der Waals surface area contributed by atoms with Crippen LogP contribution in [0.15, 0.2) is 42.5 Å². The van der Waals surface area contributed by atoms with E-state index >= 15 is 0 Å². The fourth-order valence-corrected chi connectivity index (χ4v) is 2.79. The number of nitrogens with one attached hydrogen (secondary N) is 3. The number of hydrogen-bond acceptors (Lipinski definition) is 5. The van der Waals surface area contributed by atoms with E-state index in [-0.39, 0.29) is 6.03 Å². The lowest BCUT2D eigenvalue weighted by atomic mass is 10.1. The molecule has 0 aliphatic rings. The second-order valence-corrected chi connectivity index (χ2v) is 6.56. The van der Waals surface area contributed by atoms with E-state index in [1.54, 1.807) is 32.4 Å². The summed E-state index contributed by atoms with van der Waals surface area (Å²) in [5, 5.41) is 12.7. The number of H-pyrrole nitrogens is 1. The summed E-state index contributed by atoms with van der Waals surface area (Å²) in [5.74, 6) is 2.64. The van der Waals surface area contributed by atoms with Crippen molar-refractivity contribution >= 4 is 11.7 Å². The van der Waals surface area contributed by atoms with Gasteiger partial charge in [-0.1, -0.05) is 29.8 Å². The highest BCUT2D eigenvalue weighted by atomic mass is 16.5. The second-order valence-electron chi connectivity index (χ2n) is 6.56. The number of carbonyl (C=O) groups excluding carboxylic acids is 1. The lowest BCUT2D eigenvalue weighted by Crippen LogP contribution is -2.30. The molecule has 0 atom stereocenters. The van der Waals surface area contributed by atoms with Crippen LogP contribution in [0.4, 0.5) is 10.5 Å². The largest absolute Gasteiger partial charge is 0.497 e. The van der Waals surface area contributed by atoms with Crippen molar-refractivity contribution in [2.45, 2.75) is 19.8 Å². The van der Waals surface area contributed by atoms with Gasteiger partial charge in [-0.05, 0) is 24.6 Å². The van der Waals surface area contributed by atoms with Crippen LogP contribution in [0.25, 0.3) is 0 Å². The summed E-state index contributed by atoms with van der Waals surface area (Å²) in [4.78, 5) is 16.7. The Kier molecular flexibility index (Phi) is 6.67. The molecule has 3 N–H and O–H groups in total. The molecule has 0 aliphatic carbocycles. The molecule has 0 aliphatic heterocycles. The molecule has 1 aromatic heterocycles. The van der Waals surface area contributed by atoms with Gasteiger partial charge in [0.25, 0.3) is 0 Å². The highest BCUT2D eigenvalue weighted by molar-refractivity contribution is 5.91. The fourth-order valence-electron chi connectivity index (χ4n) is 2.79. The number of urea groups is 1. The van der Waals surface area contributed by atoms with Crippen LogP contribution in [0, 0.1) is 6.92 Å². The van der Waals surface area contributed by atoms with Crippen LogP contribution in [0.5, 0.6) is 11.5 Å². The van der Waals surface area contributed by atoms with Gasteiger partial charge in [-0.25, -0.2) is 9.78 Å². The van der Waals surface area contributed by atoms with Crippen LogP contribution in [-0.4, -0.2) is 42.0 Å². The van der Waals surface area contributed by atoms with Gasteiger partial charge in [0.2, 0.25) is 0 Å². The first-order valence-electron chi connectivity index (χ1n) is 9.30. The number of hydrogen-bond donors (Lipinski definition) is 3. The molecule has 8 nitrogen and oxygen atoms in total. The summed E-state index contributed by atoms with van der Waals surface area (Å²) in [5.41, 5.74) is 2.92. The third kappa shape index (κ3) is 5.71. The number of ether oxygens (including phenoxy) is 2. The predicted octanol–water partition coefficient (Wildman–Crippen LogP) is 3.09. The molecule has 3 aromatic rings. The molecule has 0 spiro atoms. The summed E-state index contributed by atoms with van der Waals surface area (Å²) in [6.07, 6.45) is 1.21. The summed E-state index contributed by atoms with van der Waals surface area (Å²) in [6.45, 7) is 2.46. The molecule has 0 bridgehead atoms. The summed E-state index contributed by atoms with van der Waals surface area (Å²) in [6, 6.07) is 13.2. The van der Waals surface area contributed by atoms with Gasteiger partial charge in [0.1, 0.15) is 17.3 Å². The Morgan fingerprint density at radius 3 is 2.62 bits per heavy atom. The molecule has 0 saturated carbocycles. The number of aromatic nitrogens is 3. The van der Waals surface area contributed by atoms with E-state index in [1.165, 1.54) is 11.1 Å². The first-order chi connectivity index (χ1) is 14.1. The quantitative estimate of drug-likeness (QED) is 0.544. The Bertz CT molecular complexity index is 953. The number of aryl methyl sites for hydroxylation is 1. The zero-order valence-corrected chi connectivity index (χ0v) is 16.8. The number of benzene rings is 2. The molecular weight excluding hydrogens is 370 g/mol. The third-order valence-corrected chi connectivity index (χ3v) is 4.36. The van der Waals surface area contributed by atoms with Gasteiger partial charge < -0.3 is 20.1 Å². The average Bonchev–Trinajstić information content (AvgIpc) is 3.16. The number of anilines is 1. The van der Waals surface area contributed by atoms with Gasteiger partial charge in [-0.15, -0.1) is 0 Å². The Hall–Kier alpha value is -3.55. The molecule has 1 heterocycles. The first-order valence-corrected chi connectivity index (χ1v) is 9.30. The number of carbonyl (C=O) groups is 1. The van der Waals surface area contributed by atoms with Gasteiger partial charge in [0, 0.05) is 25.5 Å². The second kappa shape index (κ2) is 9.59.